The highest BCUT2D eigenvalue weighted by atomic mass is 35.5. The first-order valence-corrected chi connectivity index (χ1v) is 6.50. The summed E-state index contributed by atoms with van der Waals surface area (Å²) in [5, 5.41) is 10.2. The van der Waals surface area contributed by atoms with Crippen molar-refractivity contribution in [3.8, 4) is 5.75 Å². The minimum atomic E-state index is 0.201. The predicted octanol–water partition coefficient (Wildman–Crippen LogP) is 3.74. The molecule has 0 saturated heterocycles. The molecule has 2 aromatic rings. The Morgan fingerprint density at radius 2 is 2.06 bits per heavy atom. The molecule has 0 aliphatic heterocycles. The standard InChI is InChI=1S/C13H15ClN2O/c14-12-11-10(17)7-4-8-16(11)13(15-12)9-5-2-1-3-6-9/h4,7-9,17H,1-3,5-6H2. The summed E-state index contributed by atoms with van der Waals surface area (Å²) in [6.07, 6.45) is 8.11. The fraction of sp³-hybridized carbons (Fsp3) is 0.462. The molecule has 3 rings (SSSR count). The predicted molar refractivity (Wildman–Crippen MR) is 67.7 cm³/mol. The number of rotatable bonds is 1. The zero-order chi connectivity index (χ0) is 11.8. The Morgan fingerprint density at radius 3 is 2.82 bits per heavy atom. The lowest BCUT2D eigenvalue weighted by atomic mass is 9.89. The second-order valence-corrected chi connectivity index (χ2v) is 5.07. The van der Waals surface area contributed by atoms with Crippen LogP contribution in [0.25, 0.3) is 5.52 Å². The van der Waals surface area contributed by atoms with E-state index < -0.39 is 0 Å². The highest BCUT2D eigenvalue weighted by Crippen LogP contribution is 2.35. The van der Waals surface area contributed by atoms with Crippen molar-refractivity contribution in [2.45, 2.75) is 38.0 Å². The monoisotopic (exact) mass is 250 g/mol. The van der Waals surface area contributed by atoms with Crippen LogP contribution in [0.4, 0.5) is 0 Å². The van der Waals surface area contributed by atoms with E-state index >= 15 is 0 Å². The zero-order valence-corrected chi connectivity index (χ0v) is 10.3. The van der Waals surface area contributed by atoms with Gasteiger partial charge in [0.1, 0.15) is 17.1 Å². The van der Waals surface area contributed by atoms with E-state index in [0.717, 1.165) is 5.82 Å². The third kappa shape index (κ3) is 1.78. The first-order valence-electron chi connectivity index (χ1n) is 6.13. The summed E-state index contributed by atoms with van der Waals surface area (Å²) in [5.74, 6) is 1.68. The van der Waals surface area contributed by atoms with Crippen molar-refractivity contribution in [1.82, 2.24) is 9.38 Å². The number of aromatic nitrogens is 2. The van der Waals surface area contributed by atoms with Crippen LogP contribution in [-0.2, 0) is 0 Å². The van der Waals surface area contributed by atoms with E-state index in [1.165, 1.54) is 32.1 Å². The van der Waals surface area contributed by atoms with E-state index in [0.29, 0.717) is 16.6 Å². The SMILES string of the molecule is Oc1cccn2c(C3CCCCC3)nc(Cl)c12. The molecule has 2 aromatic heterocycles. The summed E-state index contributed by atoms with van der Waals surface area (Å²) >= 11 is 6.11. The normalized spacial score (nSPS) is 17.7. The molecule has 0 unspecified atom stereocenters. The average Bonchev–Trinajstić information content (AvgIpc) is 2.69. The van der Waals surface area contributed by atoms with E-state index in [-0.39, 0.29) is 5.75 Å². The Labute approximate surface area is 105 Å². The minimum Gasteiger partial charge on any atom is -0.506 e. The lowest BCUT2D eigenvalue weighted by Crippen LogP contribution is -2.08. The zero-order valence-electron chi connectivity index (χ0n) is 9.56. The molecule has 1 fully saturated rings. The molecule has 1 aliphatic carbocycles. The molecule has 0 spiro atoms. The third-order valence-electron chi connectivity index (χ3n) is 3.60. The summed E-state index contributed by atoms with van der Waals surface area (Å²) in [5.41, 5.74) is 0.634. The maximum Gasteiger partial charge on any atom is 0.158 e. The summed E-state index contributed by atoms with van der Waals surface area (Å²) in [7, 11) is 0. The van der Waals surface area contributed by atoms with Gasteiger partial charge in [-0.05, 0) is 25.0 Å². The van der Waals surface area contributed by atoms with Gasteiger partial charge in [-0.3, -0.25) is 4.40 Å². The third-order valence-corrected chi connectivity index (χ3v) is 3.86. The molecule has 0 atom stereocenters. The number of halogens is 1. The van der Waals surface area contributed by atoms with Crippen LogP contribution in [0.3, 0.4) is 0 Å². The van der Waals surface area contributed by atoms with Gasteiger partial charge < -0.3 is 5.11 Å². The molecule has 0 radical (unpaired) electrons. The lowest BCUT2D eigenvalue weighted by molar-refractivity contribution is 0.427. The van der Waals surface area contributed by atoms with E-state index in [4.69, 9.17) is 11.6 Å². The van der Waals surface area contributed by atoms with Crippen LogP contribution in [0.1, 0.15) is 43.8 Å². The molecule has 1 saturated carbocycles. The molecule has 17 heavy (non-hydrogen) atoms. The van der Waals surface area contributed by atoms with Crippen LogP contribution in [0.2, 0.25) is 5.15 Å². The van der Waals surface area contributed by atoms with Gasteiger partial charge in [0.25, 0.3) is 0 Å². The highest BCUT2D eigenvalue weighted by Gasteiger charge is 2.22. The molecule has 3 nitrogen and oxygen atoms in total. The topological polar surface area (TPSA) is 37.5 Å². The first kappa shape index (κ1) is 10.9. The number of aromatic hydroxyl groups is 1. The van der Waals surface area contributed by atoms with Gasteiger partial charge in [0.15, 0.2) is 5.15 Å². The van der Waals surface area contributed by atoms with Gasteiger partial charge in [0.2, 0.25) is 0 Å². The number of pyridine rings is 1. The van der Waals surface area contributed by atoms with Crippen LogP contribution in [0.15, 0.2) is 18.3 Å². The number of nitrogens with zero attached hydrogens (tertiary/aromatic N) is 2. The Kier molecular flexibility index (Phi) is 2.71. The molecule has 1 N–H and O–H groups in total. The molecule has 0 aromatic carbocycles. The largest absolute Gasteiger partial charge is 0.506 e. The van der Waals surface area contributed by atoms with Crippen LogP contribution >= 0.6 is 11.6 Å². The van der Waals surface area contributed by atoms with Crippen molar-refractivity contribution < 1.29 is 5.11 Å². The summed E-state index contributed by atoms with van der Waals surface area (Å²) in [6.45, 7) is 0. The van der Waals surface area contributed by atoms with E-state index in [1.807, 2.05) is 16.7 Å². The molecule has 4 heteroatoms. The van der Waals surface area contributed by atoms with Crippen LogP contribution in [-0.4, -0.2) is 14.5 Å². The molecule has 0 bridgehead atoms. The van der Waals surface area contributed by atoms with Gasteiger partial charge in [-0.15, -0.1) is 0 Å². The highest BCUT2D eigenvalue weighted by molar-refractivity contribution is 6.33. The van der Waals surface area contributed by atoms with Crippen molar-refractivity contribution in [3.05, 3.63) is 29.3 Å². The van der Waals surface area contributed by atoms with Gasteiger partial charge in [-0.2, -0.15) is 0 Å². The van der Waals surface area contributed by atoms with Gasteiger partial charge in [0, 0.05) is 12.1 Å². The molecule has 90 valence electrons. The van der Waals surface area contributed by atoms with Crippen molar-refractivity contribution in [1.29, 1.82) is 0 Å². The van der Waals surface area contributed by atoms with E-state index in [1.54, 1.807) is 6.07 Å². The first-order chi connectivity index (χ1) is 8.27. The minimum absolute atomic E-state index is 0.201. The van der Waals surface area contributed by atoms with Gasteiger partial charge in [0.05, 0.1) is 0 Å². The Bertz CT molecular complexity index is 544. The summed E-state index contributed by atoms with van der Waals surface area (Å²) in [6, 6.07) is 3.47. The number of hydrogen-bond acceptors (Lipinski definition) is 2. The maximum atomic E-state index is 9.82. The van der Waals surface area contributed by atoms with Crippen molar-refractivity contribution in [3.63, 3.8) is 0 Å². The Hall–Kier alpha value is -1.22. The van der Waals surface area contributed by atoms with E-state index in [9.17, 15) is 5.11 Å². The Balaban J connectivity index is 2.13. The van der Waals surface area contributed by atoms with Crippen molar-refractivity contribution >= 4 is 17.1 Å². The van der Waals surface area contributed by atoms with Gasteiger partial charge >= 0.3 is 0 Å². The maximum absolute atomic E-state index is 9.82. The second kappa shape index (κ2) is 4.22. The smallest absolute Gasteiger partial charge is 0.158 e. The van der Waals surface area contributed by atoms with Crippen LogP contribution < -0.4 is 0 Å². The van der Waals surface area contributed by atoms with Crippen molar-refractivity contribution in [2.24, 2.45) is 0 Å². The number of fused-ring (bicyclic) bond motifs is 1. The molecule has 1 aliphatic rings. The Morgan fingerprint density at radius 1 is 1.29 bits per heavy atom. The molecule has 0 amide bonds. The number of hydrogen-bond donors (Lipinski definition) is 1. The molecular formula is C13H15ClN2O. The second-order valence-electron chi connectivity index (χ2n) is 4.71. The fourth-order valence-corrected chi connectivity index (χ4v) is 3.02. The molecular weight excluding hydrogens is 236 g/mol. The van der Waals surface area contributed by atoms with E-state index in [2.05, 4.69) is 4.98 Å². The summed E-state index contributed by atoms with van der Waals surface area (Å²) in [4.78, 5) is 4.44. The van der Waals surface area contributed by atoms with Crippen molar-refractivity contribution in [2.75, 3.05) is 0 Å². The van der Waals surface area contributed by atoms with Gasteiger partial charge in [-0.25, -0.2) is 4.98 Å². The lowest BCUT2D eigenvalue weighted by Gasteiger charge is -2.20. The average molecular weight is 251 g/mol. The number of imidazole rings is 1. The quantitative estimate of drug-likeness (QED) is 0.837. The summed E-state index contributed by atoms with van der Waals surface area (Å²) < 4.78 is 1.94. The fourth-order valence-electron chi connectivity index (χ4n) is 2.75. The van der Waals surface area contributed by atoms with Crippen LogP contribution in [0.5, 0.6) is 5.75 Å². The molecule has 2 heterocycles. The van der Waals surface area contributed by atoms with Gasteiger partial charge in [-0.1, -0.05) is 30.9 Å². The van der Waals surface area contributed by atoms with Crippen LogP contribution in [0, 0.1) is 0 Å².